The fourth-order valence-corrected chi connectivity index (χ4v) is 4.84. The van der Waals surface area contributed by atoms with Gasteiger partial charge in [-0.1, -0.05) is 36.4 Å². The van der Waals surface area contributed by atoms with Crippen LogP contribution < -0.4 is 10.6 Å². The van der Waals surface area contributed by atoms with E-state index < -0.39 is 0 Å². The molecule has 5 heteroatoms. The minimum Gasteiger partial charge on any atom is -0.397 e. The Balaban J connectivity index is 1.28. The molecule has 0 spiro atoms. The SMILES string of the molecule is Nc1[c]cccc1N1CCC(C(O)CC2c3ccccc3-c3cncn32)CC1. The van der Waals surface area contributed by atoms with E-state index in [-0.39, 0.29) is 12.1 Å². The maximum absolute atomic E-state index is 11.1. The van der Waals surface area contributed by atoms with E-state index in [9.17, 15) is 5.11 Å². The number of para-hydroxylation sites is 1. The van der Waals surface area contributed by atoms with Crippen LogP contribution in [0, 0.1) is 12.0 Å². The van der Waals surface area contributed by atoms with Crippen LogP contribution in [0.15, 0.2) is 55.0 Å². The zero-order valence-electron chi connectivity index (χ0n) is 15.8. The molecule has 5 nitrogen and oxygen atoms in total. The summed E-state index contributed by atoms with van der Waals surface area (Å²) in [5.74, 6) is 0.310. The molecule has 143 valence electrons. The highest BCUT2D eigenvalue weighted by Gasteiger charge is 2.33. The molecule has 2 atom stereocenters. The van der Waals surface area contributed by atoms with Gasteiger partial charge in [0.2, 0.25) is 0 Å². The Kier molecular flexibility index (Phi) is 4.32. The molecule has 2 aliphatic heterocycles. The van der Waals surface area contributed by atoms with Crippen molar-refractivity contribution in [2.45, 2.75) is 31.4 Å². The van der Waals surface area contributed by atoms with Gasteiger partial charge in [0.05, 0.1) is 41.7 Å². The Bertz CT molecular complexity index is 974. The minimum atomic E-state index is -0.326. The van der Waals surface area contributed by atoms with Crippen molar-refractivity contribution in [3.63, 3.8) is 0 Å². The number of piperidine rings is 1. The first-order valence-electron chi connectivity index (χ1n) is 10.0. The van der Waals surface area contributed by atoms with Crippen LogP contribution >= 0.6 is 0 Å². The van der Waals surface area contributed by atoms with E-state index in [4.69, 9.17) is 5.73 Å². The topological polar surface area (TPSA) is 67.3 Å². The monoisotopic (exact) mass is 373 g/mol. The molecule has 2 aliphatic rings. The van der Waals surface area contributed by atoms with Gasteiger partial charge < -0.3 is 20.3 Å². The summed E-state index contributed by atoms with van der Waals surface area (Å²) in [6, 6.07) is 17.6. The number of nitrogens with two attached hydrogens (primary N) is 1. The third-order valence-corrected chi connectivity index (χ3v) is 6.35. The molecule has 28 heavy (non-hydrogen) atoms. The quantitative estimate of drug-likeness (QED) is 0.687. The molecule has 0 saturated carbocycles. The summed E-state index contributed by atoms with van der Waals surface area (Å²) < 4.78 is 2.21. The molecule has 2 unspecified atom stereocenters. The van der Waals surface area contributed by atoms with Crippen molar-refractivity contribution in [1.29, 1.82) is 0 Å². The minimum absolute atomic E-state index is 0.168. The summed E-state index contributed by atoms with van der Waals surface area (Å²) in [5.41, 5.74) is 11.5. The average molecular weight is 373 g/mol. The van der Waals surface area contributed by atoms with Crippen LogP contribution in [0.5, 0.6) is 0 Å². The third-order valence-electron chi connectivity index (χ3n) is 6.35. The lowest BCUT2D eigenvalue weighted by atomic mass is 9.86. The first kappa shape index (κ1) is 17.3. The maximum atomic E-state index is 11.1. The lowest BCUT2D eigenvalue weighted by molar-refractivity contribution is 0.0757. The van der Waals surface area contributed by atoms with Crippen LogP contribution in [0.25, 0.3) is 11.3 Å². The molecule has 2 aromatic carbocycles. The Hall–Kier alpha value is -2.79. The third kappa shape index (κ3) is 2.87. The molecule has 1 fully saturated rings. The van der Waals surface area contributed by atoms with Gasteiger partial charge in [-0.3, -0.25) is 0 Å². The van der Waals surface area contributed by atoms with Crippen LogP contribution in [0.1, 0.15) is 30.9 Å². The van der Waals surface area contributed by atoms with Gasteiger partial charge in [0.15, 0.2) is 0 Å². The average Bonchev–Trinajstić information content (AvgIpc) is 3.31. The number of aliphatic hydroxyl groups is 1. The van der Waals surface area contributed by atoms with Gasteiger partial charge >= 0.3 is 0 Å². The Labute approximate surface area is 165 Å². The van der Waals surface area contributed by atoms with Gasteiger partial charge in [-0.25, -0.2) is 4.98 Å². The molecule has 3 heterocycles. The number of aromatic nitrogens is 2. The molecule has 3 N–H and O–H groups in total. The van der Waals surface area contributed by atoms with Gasteiger partial charge in [-0.05, 0) is 36.8 Å². The summed E-state index contributed by atoms with van der Waals surface area (Å²) in [5, 5.41) is 11.1. The molecule has 0 aliphatic carbocycles. The van der Waals surface area contributed by atoms with E-state index in [1.54, 1.807) is 0 Å². The molecule has 5 rings (SSSR count). The fourth-order valence-electron chi connectivity index (χ4n) is 4.84. The number of hydrogen-bond donors (Lipinski definition) is 2. The number of rotatable bonds is 4. The van der Waals surface area contributed by atoms with Gasteiger partial charge in [-0.2, -0.15) is 0 Å². The van der Waals surface area contributed by atoms with Crippen LogP contribution in [0.3, 0.4) is 0 Å². The summed E-state index contributed by atoms with van der Waals surface area (Å²) >= 11 is 0. The van der Waals surface area contributed by atoms with E-state index in [1.807, 2.05) is 24.7 Å². The van der Waals surface area contributed by atoms with Crippen molar-refractivity contribution < 1.29 is 5.11 Å². The molecule has 3 aromatic rings. The standard InChI is InChI=1S/C23H25N4O/c24-19-7-3-4-8-20(19)26-11-9-16(10-12-26)23(28)13-21-17-5-1-2-6-18(17)22-14-25-15-27(21)22/h1-6,8,14-16,21,23,28H,9-13,24H2. The number of aliphatic hydroxyl groups excluding tert-OH is 1. The zero-order chi connectivity index (χ0) is 19.1. The van der Waals surface area contributed by atoms with Gasteiger partial charge in [0.25, 0.3) is 0 Å². The molecule has 1 aromatic heterocycles. The lowest BCUT2D eigenvalue weighted by Crippen LogP contribution is -2.38. The molecule has 0 bridgehead atoms. The number of nitrogens with zero attached hydrogens (tertiary/aromatic N) is 3. The molecule has 1 radical (unpaired) electrons. The Morgan fingerprint density at radius 3 is 2.82 bits per heavy atom. The zero-order valence-corrected chi connectivity index (χ0v) is 15.8. The van der Waals surface area contributed by atoms with Gasteiger partial charge in [0.1, 0.15) is 0 Å². The summed E-state index contributed by atoms with van der Waals surface area (Å²) in [4.78, 5) is 6.64. The fraction of sp³-hybridized carbons (Fsp3) is 0.348. The van der Waals surface area contributed by atoms with Crippen LogP contribution in [0.2, 0.25) is 0 Å². The van der Waals surface area contributed by atoms with E-state index in [0.29, 0.717) is 11.6 Å². The van der Waals surface area contributed by atoms with Crippen molar-refractivity contribution in [1.82, 2.24) is 9.55 Å². The Morgan fingerprint density at radius 2 is 2.00 bits per heavy atom. The maximum Gasteiger partial charge on any atom is 0.0956 e. The van der Waals surface area contributed by atoms with Crippen molar-refractivity contribution in [2.75, 3.05) is 23.7 Å². The molecule has 0 amide bonds. The van der Waals surface area contributed by atoms with Gasteiger partial charge in [0, 0.05) is 24.7 Å². The number of fused-ring (bicyclic) bond motifs is 3. The second kappa shape index (κ2) is 6.99. The van der Waals surface area contributed by atoms with Gasteiger partial charge in [-0.15, -0.1) is 0 Å². The first-order valence-corrected chi connectivity index (χ1v) is 10.0. The highest BCUT2D eigenvalue weighted by molar-refractivity contribution is 5.69. The van der Waals surface area contributed by atoms with Crippen LogP contribution in [0.4, 0.5) is 11.4 Å². The summed E-state index contributed by atoms with van der Waals surface area (Å²) in [6.45, 7) is 1.84. The van der Waals surface area contributed by atoms with Crippen molar-refractivity contribution in [2.24, 2.45) is 5.92 Å². The summed E-state index contributed by atoms with van der Waals surface area (Å²) in [6.07, 6.45) is 6.16. The number of anilines is 2. The van der Waals surface area contributed by atoms with E-state index in [1.165, 1.54) is 11.1 Å². The largest absolute Gasteiger partial charge is 0.397 e. The molecular formula is C23H25N4O. The van der Waals surface area contributed by atoms with Crippen molar-refractivity contribution in [3.05, 3.63) is 66.6 Å². The number of hydrogen-bond acceptors (Lipinski definition) is 4. The first-order chi connectivity index (χ1) is 13.7. The van der Waals surface area contributed by atoms with Crippen molar-refractivity contribution >= 4 is 11.4 Å². The predicted octanol–water partition coefficient (Wildman–Crippen LogP) is 3.50. The number of nitrogen functional groups attached to an aromatic ring is 1. The predicted molar refractivity (Wildman–Crippen MR) is 111 cm³/mol. The highest BCUT2D eigenvalue weighted by atomic mass is 16.3. The normalized spacial score (nSPS) is 20.0. The smallest absolute Gasteiger partial charge is 0.0956 e. The second-order valence-electron chi connectivity index (χ2n) is 7.89. The van der Waals surface area contributed by atoms with E-state index >= 15 is 0 Å². The second-order valence-corrected chi connectivity index (χ2v) is 7.89. The van der Waals surface area contributed by atoms with E-state index in [2.05, 4.69) is 50.8 Å². The molecule has 1 saturated heterocycles. The lowest BCUT2D eigenvalue weighted by Gasteiger charge is -2.36. The number of benzene rings is 2. The summed E-state index contributed by atoms with van der Waals surface area (Å²) in [7, 11) is 0. The molecular weight excluding hydrogens is 348 g/mol. The van der Waals surface area contributed by atoms with Crippen LogP contribution in [-0.4, -0.2) is 33.9 Å². The Morgan fingerprint density at radius 1 is 1.18 bits per heavy atom. The number of imidazole rings is 1. The van der Waals surface area contributed by atoms with Crippen molar-refractivity contribution in [3.8, 4) is 11.3 Å². The van der Waals surface area contributed by atoms with Crippen LogP contribution in [-0.2, 0) is 0 Å². The van der Waals surface area contributed by atoms with E-state index in [0.717, 1.165) is 43.7 Å². The highest BCUT2D eigenvalue weighted by Crippen LogP contribution is 2.42.